The second-order valence-corrected chi connectivity index (χ2v) is 6.23. The molecule has 112 valence electrons. The van der Waals surface area contributed by atoms with Crippen molar-refractivity contribution in [3.63, 3.8) is 0 Å². The average Bonchev–Trinajstić information content (AvgIpc) is 2.64. The quantitative estimate of drug-likeness (QED) is 0.663. The molecule has 1 aromatic rings. The van der Waals surface area contributed by atoms with Gasteiger partial charge in [-0.15, -0.1) is 11.3 Å². The Hall–Kier alpha value is -1.60. The molecule has 0 saturated heterocycles. The predicted molar refractivity (Wildman–Crippen MR) is 77.0 cm³/mol. The van der Waals surface area contributed by atoms with Crippen molar-refractivity contribution in [2.45, 2.75) is 45.9 Å². The maximum atomic E-state index is 11.8. The Morgan fingerprint density at radius 2 is 1.85 bits per heavy atom. The summed E-state index contributed by atoms with van der Waals surface area (Å²) in [6, 6.07) is -0.182. The first-order valence-corrected chi connectivity index (χ1v) is 7.08. The second kappa shape index (κ2) is 6.71. The van der Waals surface area contributed by atoms with Gasteiger partial charge in [0.15, 0.2) is 6.04 Å². The summed E-state index contributed by atoms with van der Waals surface area (Å²) in [6.45, 7) is 7.10. The number of carbonyl (C=O) groups is 2. The van der Waals surface area contributed by atoms with Crippen molar-refractivity contribution >= 4 is 23.3 Å². The molecule has 0 saturated carbocycles. The fourth-order valence-corrected chi connectivity index (χ4v) is 2.95. The van der Waals surface area contributed by atoms with Crippen molar-refractivity contribution in [2.24, 2.45) is 0 Å². The maximum Gasteiger partial charge on any atom is 0.328 e. The molecule has 0 aliphatic carbocycles. The third-order valence-electron chi connectivity index (χ3n) is 2.93. The van der Waals surface area contributed by atoms with Crippen LogP contribution in [0.15, 0.2) is 6.07 Å². The number of rotatable bonds is 5. The first-order valence-electron chi connectivity index (χ1n) is 6.27. The Kier molecular flexibility index (Phi) is 5.52. The zero-order chi connectivity index (χ0) is 15.4. The molecule has 1 heterocycles. The molecule has 0 fully saturated rings. The van der Waals surface area contributed by atoms with Crippen molar-refractivity contribution in [1.82, 2.24) is 10.6 Å². The molecule has 6 nitrogen and oxygen atoms in total. The summed E-state index contributed by atoms with van der Waals surface area (Å²) in [5.41, 5.74) is 1.01. The zero-order valence-electron chi connectivity index (χ0n) is 11.9. The van der Waals surface area contributed by atoms with Gasteiger partial charge in [0, 0.05) is 9.75 Å². The molecule has 0 bridgehead atoms. The van der Waals surface area contributed by atoms with Crippen LogP contribution in [-0.2, 0) is 4.79 Å². The van der Waals surface area contributed by atoms with Crippen LogP contribution in [0.1, 0.15) is 35.2 Å². The summed E-state index contributed by atoms with van der Waals surface area (Å²) in [7, 11) is 0. The molecule has 3 atom stereocenters. The third kappa shape index (κ3) is 4.21. The van der Waals surface area contributed by atoms with Gasteiger partial charge in [0.1, 0.15) is 0 Å². The van der Waals surface area contributed by atoms with E-state index in [0.29, 0.717) is 0 Å². The summed E-state index contributed by atoms with van der Waals surface area (Å²) >= 11 is 1.64. The molecule has 0 aliphatic rings. The molecule has 1 unspecified atom stereocenters. The highest BCUT2D eigenvalue weighted by molar-refractivity contribution is 7.12. The first kappa shape index (κ1) is 16.5. The monoisotopic (exact) mass is 300 g/mol. The Labute approximate surface area is 121 Å². The van der Waals surface area contributed by atoms with Crippen molar-refractivity contribution in [3.8, 4) is 0 Å². The van der Waals surface area contributed by atoms with E-state index < -0.39 is 24.1 Å². The Bertz CT molecular complexity index is 499. The van der Waals surface area contributed by atoms with E-state index in [9.17, 15) is 14.7 Å². The number of amides is 2. The van der Waals surface area contributed by atoms with Gasteiger partial charge in [0.2, 0.25) is 0 Å². The van der Waals surface area contributed by atoms with Gasteiger partial charge in [-0.05, 0) is 39.3 Å². The lowest BCUT2D eigenvalue weighted by molar-refractivity contribution is -0.141. The van der Waals surface area contributed by atoms with Crippen LogP contribution >= 0.6 is 11.3 Å². The van der Waals surface area contributed by atoms with Crippen LogP contribution in [0.4, 0.5) is 4.79 Å². The molecular formula is C13H20N2O4S. The van der Waals surface area contributed by atoms with Gasteiger partial charge in [0.05, 0.1) is 12.1 Å². The molecule has 7 heteroatoms. The molecule has 20 heavy (non-hydrogen) atoms. The topological polar surface area (TPSA) is 98.7 Å². The predicted octanol–water partition coefficient (Wildman–Crippen LogP) is 1.56. The minimum Gasteiger partial charge on any atom is -0.480 e. The molecule has 0 radical (unpaired) electrons. The van der Waals surface area contributed by atoms with Crippen LogP contribution < -0.4 is 10.6 Å². The number of aliphatic hydroxyl groups is 1. The van der Waals surface area contributed by atoms with Crippen LogP contribution in [0.3, 0.4) is 0 Å². The van der Waals surface area contributed by atoms with E-state index in [1.165, 1.54) is 6.92 Å². The summed E-state index contributed by atoms with van der Waals surface area (Å²) in [4.78, 5) is 24.9. The molecular weight excluding hydrogens is 280 g/mol. The summed E-state index contributed by atoms with van der Waals surface area (Å²) in [5, 5.41) is 23.1. The second-order valence-electron chi connectivity index (χ2n) is 4.76. The number of nitrogens with one attached hydrogen (secondary N) is 2. The molecule has 0 spiro atoms. The van der Waals surface area contributed by atoms with Crippen LogP contribution in [0.25, 0.3) is 0 Å². The van der Waals surface area contributed by atoms with Gasteiger partial charge < -0.3 is 20.8 Å². The number of aliphatic carboxylic acids is 1. The van der Waals surface area contributed by atoms with E-state index in [4.69, 9.17) is 5.11 Å². The Morgan fingerprint density at radius 1 is 1.25 bits per heavy atom. The average molecular weight is 300 g/mol. The van der Waals surface area contributed by atoms with Crippen molar-refractivity contribution in [3.05, 3.63) is 21.4 Å². The minimum atomic E-state index is -1.33. The Morgan fingerprint density at radius 3 is 2.25 bits per heavy atom. The first-order chi connectivity index (χ1) is 9.22. The van der Waals surface area contributed by atoms with Gasteiger partial charge in [-0.25, -0.2) is 9.59 Å². The number of carboxylic acid groups (broad SMARTS) is 1. The molecule has 0 aromatic carbocycles. The highest BCUT2D eigenvalue weighted by Crippen LogP contribution is 2.25. The molecule has 0 aliphatic heterocycles. The lowest BCUT2D eigenvalue weighted by atomic mass is 10.1. The van der Waals surface area contributed by atoms with Gasteiger partial charge in [-0.2, -0.15) is 0 Å². The standard InChI is InChI=1S/C13H20N2O4S/c1-6-5-10(9(4)20-6)7(2)14-13(19)15-11(8(3)16)12(17)18/h5,7-8,11,16H,1-4H3,(H,17,18)(H2,14,15,19)/t7?,8-,11+/m1/s1. The number of thiophene rings is 1. The van der Waals surface area contributed by atoms with Gasteiger partial charge in [0.25, 0.3) is 0 Å². The van der Waals surface area contributed by atoms with Crippen LogP contribution in [0, 0.1) is 13.8 Å². The highest BCUT2D eigenvalue weighted by atomic mass is 32.1. The maximum absolute atomic E-state index is 11.8. The number of hydrogen-bond donors (Lipinski definition) is 4. The van der Waals surface area contributed by atoms with Crippen molar-refractivity contribution in [1.29, 1.82) is 0 Å². The van der Waals surface area contributed by atoms with Crippen molar-refractivity contribution < 1.29 is 19.8 Å². The summed E-state index contributed by atoms with van der Waals surface area (Å²) in [5.74, 6) is -1.27. The van der Waals surface area contributed by atoms with Crippen LogP contribution in [0.2, 0.25) is 0 Å². The highest BCUT2D eigenvalue weighted by Gasteiger charge is 2.25. The molecule has 4 N–H and O–H groups in total. The number of carboxylic acids is 1. The van der Waals surface area contributed by atoms with E-state index in [0.717, 1.165) is 15.3 Å². The Balaban J connectivity index is 2.66. The normalized spacial score (nSPS) is 15.2. The van der Waals surface area contributed by atoms with Gasteiger partial charge in [-0.1, -0.05) is 0 Å². The number of hydrogen-bond acceptors (Lipinski definition) is 4. The fraction of sp³-hybridized carbons (Fsp3) is 0.538. The third-order valence-corrected chi connectivity index (χ3v) is 3.91. The lowest BCUT2D eigenvalue weighted by Gasteiger charge is -2.20. The molecule has 2 amide bonds. The van der Waals surface area contributed by atoms with E-state index in [1.807, 2.05) is 26.8 Å². The molecule has 1 aromatic heterocycles. The number of aliphatic hydroxyl groups excluding tert-OH is 1. The fourth-order valence-electron chi connectivity index (χ4n) is 1.93. The molecule has 1 rings (SSSR count). The summed E-state index contributed by atoms with van der Waals surface area (Å²) in [6.07, 6.45) is -1.17. The zero-order valence-corrected chi connectivity index (χ0v) is 12.7. The smallest absolute Gasteiger partial charge is 0.328 e. The SMILES string of the molecule is Cc1cc(C(C)NC(=O)N[C@H](C(=O)O)[C@@H](C)O)c(C)s1. The van der Waals surface area contributed by atoms with Gasteiger partial charge in [-0.3, -0.25) is 0 Å². The largest absolute Gasteiger partial charge is 0.480 e. The lowest BCUT2D eigenvalue weighted by Crippen LogP contribution is -2.51. The van der Waals surface area contributed by atoms with Crippen LogP contribution in [-0.4, -0.2) is 34.4 Å². The minimum absolute atomic E-state index is 0.233. The van der Waals surface area contributed by atoms with E-state index >= 15 is 0 Å². The van der Waals surface area contributed by atoms with E-state index in [1.54, 1.807) is 11.3 Å². The van der Waals surface area contributed by atoms with Gasteiger partial charge >= 0.3 is 12.0 Å². The summed E-state index contributed by atoms with van der Waals surface area (Å²) < 4.78 is 0. The number of aryl methyl sites for hydroxylation is 2. The van der Waals surface area contributed by atoms with Crippen molar-refractivity contribution in [2.75, 3.05) is 0 Å². The number of urea groups is 1. The van der Waals surface area contributed by atoms with Crippen LogP contribution in [0.5, 0.6) is 0 Å². The number of carbonyl (C=O) groups excluding carboxylic acids is 1. The van der Waals surface area contributed by atoms with E-state index in [-0.39, 0.29) is 6.04 Å². The van der Waals surface area contributed by atoms with E-state index in [2.05, 4.69) is 10.6 Å².